The van der Waals surface area contributed by atoms with Gasteiger partial charge in [-0.3, -0.25) is 9.69 Å². The van der Waals surface area contributed by atoms with Crippen LogP contribution in [0.4, 0.5) is 0 Å². The summed E-state index contributed by atoms with van der Waals surface area (Å²) in [5.74, 6) is -0.742. The molecule has 0 atom stereocenters. The quantitative estimate of drug-likeness (QED) is 0.719. The number of aryl methyl sites for hydroxylation is 1. The van der Waals surface area contributed by atoms with Crippen LogP contribution in [-0.4, -0.2) is 60.1 Å². The molecule has 26 heavy (non-hydrogen) atoms. The maximum absolute atomic E-state index is 12.0. The average Bonchev–Trinajstić information content (AvgIpc) is 2.61. The molecule has 1 aromatic rings. The molecule has 0 saturated carbocycles. The minimum Gasteiger partial charge on any atom is -0.480 e. The molecule has 1 aliphatic rings. The topological polar surface area (TPSA) is 77.9 Å². The summed E-state index contributed by atoms with van der Waals surface area (Å²) < 4.78 is 25.5. The molecule has 0 amide bonds. The largest absolute Gasteiger partial charge is 0.480 e. The van der Waals surface area contributed by atoms with Crippen LogP contribution in [0.25, 0.3) is 0 Å². The van der Waals surface area contributed by atoms with E-state index in [0.29, 0.717) is 32.5 Å². The highest BCUT2D eigenvalue weighted by Crippen LogP contribution is 2.21. The number of carbonyl (C=O) groups is 1. The lowest BCUT2D eigenvalue weighted by Crippen LogP contribution is -2.48. The summed E-state index contributed by atoms with van der Waals surface area (Å²) in [6, 6.07) is 8.33. The van der Waals surface area contributed by atoms with Gasteiger partial charge in [-0.1, -0.05) is 31.2 Å². The molecule has 1 fully saturated rings. The normalized spacial score (nSPS) is 16.4. The monoisotopic (exact) mass is 404 g/mol. The van der Waals surface area contributed by atoms with Crippen LogP contribution in [-0.2, 0) is 27.8 Å². The van der Waals surface area contributed by atoms with Crippen molar-refractivity contribution in [1.29, 1.82) is 0 Å². The number of rotatable bonds is 8. The zero-order valence-corrected chi connectivity index (χ0v) is 17.1. The van der Waals surface area contributed by atoms with Crippen LogP contribution >= 0.6 is 12.4 Å². The van der Waals surface area contributed by atoms with Gasteiger partial charge >= 0.3 is 5.97 Å². The molecule has 8 heteroatoms. The van der Waals surface area contributed by atoms with E-state index in [4.69, 9.17) is 0 Å². The average molecular weight is 405 g/mol. The van der Waals surface area contributed by atoms with E-state index in [2.05, 4.69) is 19.1 Å². The van der Waals surface area contributed by atoms with Gasteiger partial charge in [0.2, 0.25) is 10.0 Å². The first-order valence-corrected chi connectivity index (χ1v) is 10.5. The number of hydrogen-bond donors (Lipinski definition) is 1. The maximum Gasteiger partial charge on any atom is 0.317 e. The first kappa shape index (κ1) is 22.9. The Morgan fingerprint density at radius 3 is 2.15 bits per heavy atom. The molecular formula is C18H29ClN2O4S. The molecule has 0 spiro atoms. The highest BCUT2D eigenvalue weighted by molar-refractivity contribution is 7.89. The van der Waals surface area contributed by atoms with E-state index in [1.807, 2.05) is 17.0 Å². The Labute approximate surface area is 162 Å². The van der Waals surface area contributed by atoms with E-state index in [1.165, 1.54) is 9.87 Å². The molecule has 148 valence electrons. The molecule has 1 saturated heterocycles. The summed E-state index contributed by atoms with van der Waals surface area (Å²) in [5.41, 5.74) is 2.34. The van der Waals surface area contributed by atoms with Gasteiger partial charge in [0, 0.05) is 25.7 Å². The Balaban J connectivity index is 0.00000338. The zero-order valence-electron chi connectivity index (χ0n) is 15.4. The van der Waals surface area contributed by atoms with Gasteiger partial charge in [-0.2, -0.15) is 0 Å². The van der Waals surface area contributed by atoms with Gasteiger partial charge in [0.15, 0.2) is 0 Å². The summed E-state index contributed by atoms with van der Waals surface area (Å²) in [5, 5.41) is 9.25. The first-order valence-electron chi connectivity index (χ1n) is 8.87. The molecule has 0 radical (unpaired) electrons. The minimum atomic E-state index is -3.16. The Kier molecular flexibility index (Phi) is 9.03. The standard InChI is InChI=1S/C18H28N2O4S.ClH/c1-3-15-5-7-16(8-6-15)13-19(14-18(21)22)17-9-11-20(12-10-17)25(23,24)4-2;/h5-8,17H,3-4,9-14H2,1-2H3,(H,21,22);1H. The van der Waals surface area contributed by atoms with Crippen LogP contribution in [0.1, 0.15) is 37.8 Å². The Bertz CT molecular complexity index is 671. The van der Waals surface area contributed by atoms with Crippen molar-refractivity contribution >= 4 is 28.4 Å². The number of aliphatic carboxylic acids is 1. The number of carboxylic acid groups (broad SMARTS) is 1. The number of nitrogens with zero attached hydrogens (tertiary/aromatic N) is 2. The number of halogens is 1. The second-order valence-corrected chi connectivity index (χ2v) is 8.76. The second-order valence-electron chi connectivity index (χ2n) is 6.50. The van der Waals surface area contributed by atoms with E-state index >= 15 is 0 Å². The van der Waals surface area contributed by atoms with Crippen molar-refractivity contribution in [2.24, 2.45) is 0 Å². The third kappa shape index (κ3) is 6.23. The van der Waals surface area contributed by atoms with Crippen molar-refractivity contribution in [2.45, 2.75) is 45.7 Å². The van der Waals surface area contributed by atoms with Gasteiger partial charge < -0.3 is 5.11 Å². The summed E-state index contributed by atoms with van der Waals surface area (Å²) >= 11 is 0. The van der Waals surface area contributed by atoms with Crippen molar-refractivity contribution in [3.63, 3.8) is 0 Å². The predicted molar refractivity (Wildman–Crippen MR) is 105 cm³/mol. The molecule has 0 unspecified atom stereocenters. The van der Waals surface area contributed by atoms with Crippen LogP contribution in [0.5, 0.6) is 0 Å². The van der Waals surface area contributed by atoms with Gasteiger partial charge in [0.25, 0.3) is 0 Å². The van der Waals surface area contributed by atoms with Crippen LogP contribution < -0.4 is 0 Å². The first-order chi connectivity index (χ1) is 11.9. The van der Waals surface area contributed by atoms with E-state index in [-0.39, 0.29) is 30.7 Å². The van der Waals surface area contributed by atoms with Crippen LogP contribution in [0, 0.1) is 0 Å². The lowest BCUT2D eigenvalue weighted by atomic mass is 10.0. The molecule has 0 aromatic heterocycles. The van der Waals surface area contributed by atoms with Gasteiger partial charge in [0.05, 0.1) is 12.3 Å². The molecular weight excluding hydrogens is 376 g/mol. The summed E-state index contributed by atoms with van der Waals surface area (Å²) in [6.45, 7) is 5.22. The molecule has 1 N–H and O–H groups in total. The van der Waals surface area contributed by atoms with Crippen LogP contribution in [0.2, 0.25) is 0 Å². The molecule has 1 aliphatic heterocycles. The molecule has 6 nitrogen and oxygen atoms in total. The Hall–Kier alpha value is -1.15. The van der Waals surface area contributed by atoms with E-state index in [0.717, 1.165) is 12.0 Å². The zero-order chi connectivity index (χ0) is 18.4. The van der Waals surface area contributed by atoms with Crippen molar-refractivity contribution in [3.8, 4) is 0 Å². The number of benzene rings is 1. The predicted octanol–water partition coefficient (Wildman–Crippen LogP) is 2.37. The van der Waals surface area contributed by atoms with E-state index in [9.17, 15) is 18.3 Å². The fourth-order valence-electron chi connectivity index (χ4n) is 3.27. The Morgan fingerprint density at radius 1 is 1.15 bits per heavy atom. The van der Waals surface area contributed by atoms with Crippen molar-refractivity contribution in [2.75, 3.05) is 25.4 Å². The smallest absolute Gasteiger partial charge is 0.317 e. The highest BCUT2D eigenvalue weighted by atomic mass is 35.5. The number of piperidine rings is 1. The number of sulfonamides is 1. The SMILES string of the molecule is CCc1ccc(CN(CC(=O)O)C2CCN(S(=O)(=O)CC)CC2)cc1.Cl. The van der Waals surface area contributed by atoms with E-state index < -0.39 is 16.0 Å². The molecule has 0 aliphatic carbocycles. The van der Waals surface area contributed by atoms with Crippen molar-refractivity contribution in [1.82, 2.24) is 9.21 Å². The fraction of sp³-hybridized carbons (Fsp3) is 0.611. The van der Waals surface area contributed by atoms with Crippen molar-refractivity contribution in [3.05, 3.63) is 35.4 Å². The summed E-state index contributed by atoms with van der Waals surface area (Å²) in [7, 11) is -3.16. The fourth-order valence-corrected chi connectivity index (χ4v) is 4.40. The van der Waals surface area contributed by atoms with Crippen LogP contribution in [0.3, 0.4) is 0 Å². The summed E-state index contributed by atoms with van der Waals surface area (Å²) in [4.78, 5) is 13.2. The molecule has 2 rings (SSSR count). The molecule has 1 heterocycles. The Morgan fingerprint density at radius 2 is 1.69 bits per heavy atom. The van der Waals surface area contributed by atoms with Gasteiger partial charge in [-0.15, -0.1) is 12.4 Å². The molecule has 0 bridgehead atoms. The van der Waals surface area contributed by atoms with Crippen molar-refractivity contribution < 1.29 is 18.3 Å². The van der Waals surface area contributed by atoms with Gasteiger partial charge in [-0.05, 0) is 37.3 Å². The summed E-state index contributed by atoms with van der Waals surface area (Å²) in [6.07, 6.45) is 2.31. The maximum atomic E-state index is 12.0. The minimum absolute atomic E-state index is 0. The number of hydrogen-bond acceptors (Lipinski definition) is 4. The third-order valence-electron chi connectivity index (χ3n) is 4.85. The highest BCUT2D eigenvalue weighted by Gasteiger charge is 2.30. The number of carboxylic acids is 1. The van der Waals surface area contributed by atoms with Gasteiger partial charge in [0.1, 0.15) is 0 Å². The van der Waals surface area contributed by atoms with Crippen LogP contribution in [0.15, 0.2) is 24.3 Å². The molecule has 1 aromatic carbocycles. The third-order valence-corrected chi connectivity index (χ3v) is 6.73. The van der Waals surface area contributed by atoms with Gasteiger partial charge in [-0.25, -0.2) is 12.7 Å². The van der Waals surface area contributed by atoms with E-state index in [1.54, 1.807) is 6.92 Å². The second kappa shape index (κ2) is 10.3. The lowest BCUT2D eigenvalue weighted by molar-refractivity contribution is -0.139. The lowest BCUT2D eigenvalue weighted by Gasteiger charge is -2.37.